The Morgan fingerprint density at radius 2 is 2.15 bits per heavy atom. The van der Waals surface area contributed by atoms with E-state index in [1.54, 1.807) is 7.05 Å². The third-order valence-electron chi connectivity index (χ3n) is 1.65. The molecule has 0 aromatic heterocycles. The molecule has 0 saturated heterocycles. The van der Waals surface area contributed by atoms with E-state index >= 15 is 0 Å². The zero-order valence-corrected chi connectivity index (χ0v) is 8.46. The average Bonchev–Trinajstić information content (AvgIpc) is 2.16. The van der Waals surface area contributed by atoms with Crippen LogP contribution in [0.15, 0.2) is 41.4 Å². The fraction of sp³-hybridized carbons (Fsp3) is 0.364. The molecule has 0 rings (SSSR count). The van der Waals surface area contributed by atoms with Gasteiger partial charge in [-0.1, -0.05) is 43.4 Å². The molecular formula is C11H18N2. The van der Waals surface area contributed by atoms with Gasteiger partial charge >= 0.3 is 0 Å². The van der Waals surface area contributed by atoms with Crippen LogP contribution in [0.5, 0.6) is 0 Å². The molecule has 0 aromatic carbocycles. The zero-order chi connectivity index (χ0) is 10.1. The van der Waals surface area contributed by atoms with Gasteiger partial charge in [0.2, 0.25) is 0 Å². The molecule has 0 radical (unpaired) electrons. The number of hydrogen-bond acceptors (Lipinski definition) is 1. The van der Waals surface area contributed by atoms with E-state index < -0.39 is 0 Å². The van der Waals surface area contributed by atoms with Gasteiger partial charge in [-0.2, -0.15) is 0 Å². The summed E-state index contributed by atoms with van der Waals surface area (Å²) in [6.07, 6.45) is 9.59. The van der Waals surface area contributed by atoms with Gasteiger partial charge in [0.15, 0.2) is 0 Å². The van der Waals surface area contributed by atoms with Crippen LogP contribution in [0.25, 0.3) is 0 Å². The number of allylic oxidation sites excluding steroid dienone is 4. The molecule has 0 aliphatic carbocycles. The summed E-state index contributed by atoms with van der Waals surface area (Å²) in [5, 5.41) is 0. The smallest absolute Gasteiger partial charge is 0.0971 e. The maximum Gasteiger partial charge on any atom is 0.0971 e. The van der Waals surface area contributed by atoms with Crippen LogP contribution in [-0.2, 0) is 0 Å². The van der Waals surface area contributed by atoms with E-state index in [2.05, 4.69) is 18.5 Å². The molecule has 0 spiro atoms. The fourth-order valence-corrected chi connectivity index (χ4v) is 0.668. The topological polar surface area (TPSA) is 38.4 Å². The van der Waals surface area contributed by atoms with Crippen LogP contribution in [0.3, 0.4) is 0 Å². The van der Waals surface area contributed by atoms with Crippen LogP contribution < -0.4 is 5.73 Å². The van der Waals surface area contributed by atoms with Gasteiger partial charge in [-0.15, -0.1) is 0 Å². The Hall–Kier alpha value is -1.31. The summed E-state index contributed by atoms with van der Waals surface area (Å²) in [5.74, 6) is 0.652. The van der Waals surface area contributed by atoms with Crippen LogP contribution in [0.2, 0.25) is 0 Å². The first-order chi connectivity index (χ1) is 6.20. The molecule has 2 nitrogen and oxygen atoms in total. The highest BCUT2D eigenvalue weighted by atomic mass is 14.8. The van der Waals surface area contributed by atoms with E-state index in [9.17, 15) is 0 Å². The number of nitrogens with zero attached hydrogens (tertiary/aromatic N) is 1. The zero-order valence-electron chi connectivity index (χ0n) is 8.46. The standard InChI is InChI=1S/C11H18N2/c1-4-10(2)8-6-5-7-9-11(12)13-3/h5-8H,2,4,9H2,1,3H3,(H2,12,13)/b7-5-,8-6-. The molecule has 0 heterocycles. The van der Waals surface area contributed by atoms with Crippen LogP contribution in [0.4, 0.5) is 0 Å². The highest BCUT2D eigenvalue weighted by Gasteiger charge is 1.82. The van der Waals surface area contributed by atoms with E-state index in [1.807, 2.05) is 24.3 Å². The van der Waals surface area contributed by atoms with Gasteiger partial charge in [0.1, 0.15) is 0 Å². The Balaban J connectivity index is 3.76. The molecule has 0 aliphatic heterocycles. The van der Waals surface area contributed by atoms with Crippen molar-refractivity contribution in [2.45, 2.75) is 19.8 Å². The Labute approximate surface area is 80.6 Å². The largest absolute Gasteiger partial charge is 0.387 e. The molecule has 0 amide bonds. The highest BCUT2D eigenvalue weighted by Crippen LogP contribution is 1.97. The van der Waals surface area contributed by atoms with Crippen molar-refractivity contribution in [3.63, 3.8) is 0 Å². The minimum atomic E-state index is 0.652. The van der Waals surface area contributed by atoms with Crippen molar-refractivity contribution in [2.75, 3.05) is 7.05 Å². The summed E-state index contributed by atoms with van der Waals surface area (Å²) in [6, 6.07) is 0. The molecule has 2 N–H and O–H groups in total. The highest BCUT2D eigenvalue weighted by molar-refractivity contribution is 5.81. The molecular weight excluding hydrogens is 160 g/mol. The van der Waals surface area contributed by atoms with E-state index in [0.29, 0.717) is 12.3 Å². The average molecular weight is 178 g/mol. The van der Waals surface area contributed by atoms with Gasteiger partial charge in [-0.3, -0.25) is 4.99 Å². The molecule has 0 atom stereocenters. The number of hydrogen-bond donors (Lipinski definition) is 1. The van der Waals surface area contributed by atoms with Gasteiger partial charge in [0.25, 0.3) is 0 Å². The van der Waals surface area contributed by atoms with E-state index in [0.717, 1.165) is 12.0 Å². The second kappa shape index (κ2) is 7.35. The van der Waals surface area contributed by atoms with E-state index in [1.165, 1.54) is 0 Å². The molecule has 0 aliphatic rings. The fourth-order valence-electron chi connectivity index (χ4n) is 0.668. The summed E-state index contributed by atoms with van der Waals surface area (Å²) in [4.78, 5) is 3.84. The molecule has 0 saturated carbocycles. The third kappa shape index (κ3) is 7.06. The second-order valence-electron chi connectivity index (χ2n) is 2.72. The van der Waals surface area contributed by atoms with Gasteiger partial charge in [0, 0.05) is 13.5 Å². The van der Waals surface area contributed by atoms with Gasteiger partial charge in [0.05, 0.1) is 5.84 Å². The Bertz CT molecular complexity index is 234. The quantitative estimate of drug-likeness (QED) is 0.392. The minimum absolute atomic E-state index is 0.652. The number of amidine groups is 1. The summed E-state index contributed by atoms with van der Waals surface area (Å²) in [6.45, 7) is 5.93. The van der Waals surface area contributed by atoms with Crippen molar-refractivity contribution in [3.8, 4) is 0 Å². The summed E-state index contributed by atoms with van der Waals surface area (Å²) in [5.41, 5.74) is 6.62. The Morgan fingerprint density at radius 1 is 1.46 bits per heavy atom. The number of aliphatic imine (C=N–C) groups is 1. The van der Waals surface area contributed by atoms with Crippen LogP contribution in [0.1, 0.15) is 19.8 Å². The lowest BCUT2D eigenvalue weighted by Crippen LogP contribution is -2.08. The molecule has 13 heavy (non-hydrogen) atoms. The van der Waals surface area contributed by atoms with Crippen LogP contribution >= 0.6 is 0 Å². The van der Waals surface area contributed by atoms with Crippen molar-refractivity contribution < 1.29 is 0 Å². The summed E-state index contributed by atoms with van der Waals surface area (Å²) < 4.78 is 0. The second-order valence-corrected chi connectivity index (χ2v) is 2.72. The van der Waals surface area contributed by atoms with Gasteiger partial charge in [-0.05, 0) is 6.42 Å². The number of rotatable bonds is 5. The Kier molecular flexibility index (Phi) is 6.60. The first-order valence-electron chi connectivity index (χ1n) is 4.42. The molecule has 0 unspecified atom stereocenters. The predicted octanol–water partition coefficient (Wildman–Crippen LogP) is 2.44. The van der Waals surface area contributed by atoms with Crippen molar-refractivity contribution in [2.24, 2.45) is 10.7 Å². The normalized spacial score (nSPS) is 12.9. The maximum absolute atomic E-state index is 5.50. The molecule has 0 aromatic rings. The minimum Gasteiger partial charge on any atom is -0.387 e. The van der Waals surface area contributed by atoms with Crippen LogP contribution in [-0.4, -0.2) is 12.9 Å². The van der Waals surface area contributed by atoms with Crippen LogP contribution in [0, 0.1) is 0 Å². The maximum atomic E-state index is 5.50. The lowest BCUT2D eigenvalue weighted by Gasteiger charge is -1.90. The lowest BCUT2D eigenvalue weighted by molar-refractivity contribution is 1.16. The summed E-state index contributed by atoms with van der Waals surface area (Å²) >= 11 is 0. The van der Waals surface area contributed by atoms with E-state index in [4.69, 9.17) is 5.73 Å². The molecule has 2 heteroatoms. The van der Waals surface area contributed by atoms with Crippen molar-refractivity contribution in [3.05, 3.63) is 36.5 Å². The molecule has 0 bridgehead atoms. The van der Waals surface area contributed by atoms with E-state index in [-0.39, 0.29) is 0 Å². The SMILES string of the molecule is C=C(/C=C\C=C/CC(N)=NC)CC. The first kappa shape index (κ1) is 11.7. The first-order valence-corrected chi connectivity index (χ1v) is 4.42. The monoisotopic (exact) mass is 178 g/mol. The van der Waals surface area contributed by atoms with Gasteiger partial charge in [-0.25, -0.2) is 0 Å². The Morgan fingerprint density at radius 3 is 2.69 bits per heavy atom. The summed E-state index contributed by atoms with van der Waals surface area (Å²) in [7, 11) is 1.69. The van der Waals surface area contributed by atoms with Gasteiger partial charge < -0.3 is 5.73 Å². The lowest BCUT2D eigenvalue weighted by atomic mass is 10.2. The third-order valence-corrected chi connectivity index (χ3v) is 1.65. The molecule has 0 fully saturated rings. The predicted molar refractivity (Wildman–Crippen MR) is 59.9 cm³/mol. The van der Waals surface area contributed by atoms with Crippen molar-refractivity contribution in [1.82, 2.24) is 0 Å². The van der Waals surface area contributed by atoms with Crippen molar-refractivity contribution >= 4 is 5.84 Å². The molecule has 72 valence electrons. The van der Waals surface area contributed by atoms with Crippen molar-refractivity contribution in [1.29, 1.82) is 0 Å². The number of nitrogens with two attached hydrogens (primary N) is 1.